The van der Waals surface area contributed by atoms with Gasteiger partial charge in [0.15, 0.2) is 0 Å². The van der Waals surface area contributed by atoms with E-state index in [2.05, 4.69) is 45.4 Å². The van der Waals surface area contributed by atoms with Gasteiger partial charge in [-0.05, 0) is 67.0 Å². The van der Waals surface area contributed by atoms with Crippen LogP contribution in [0.4, 0.5) is 0 Å². The Kier molecular flexibility index (Phi) is 4.52. The number of aryl methyl sites for hydroxylation is 1. The Morgan fingerprint density at radius 3 is 3.10 bits per heavy atom. The van der Waals surface area contributed by atoms with Crippen molar-refractivity contribution >= 4 is 45.2 Å². The molecular formula is C15H18ClIN2O. The molecule has 1 aromatic heterocycles. The van der Waals surface area contributed by atoms with Gasteiger partial charge >= 0.3 is 0 Å². The lowest BCUT2D eigenvalue weighted by molar-refractivity contribution is 0.100. The van der Waals surface area contributed by atoms with E-state index in [-0.39, 0.29) is 5.38 Å². The normalized spacial score (nSPS) is 20.6. The Labute approximate surface area is 137 Å². The minimum Gasteiger partial charge on any atom is -0.378 e. The van der Waals surface area contributed by atoms with E-state index in [1.807, 2.05) is 6.92 Å². The monoisotopic (exact) mass is 404 g/mol. The molecule has 0 radical (unpaired) electrons. The summed E-state index contributed by atoms with van der Waals surface area (Å²) in [6, 6.07) is 6.37. The maximum atomic E-state index is 6.30. The Morgan fingerprint density at radius 1 is 1.55 bits per heavy atom. The van der Waals surface area contributed by atoms with Crippen LogP contribution in [0.3, 0.4) is 0 Å². The van der Waals surface area contributed by atoms with Gasteiger partial charge < -0.3 is 9.30 Å². The zero-order chi connectivity index (χ0) is 14.1. The molecule has 5 heteroatoms. The molecule has 1 aromatic carbocycles. The fourth-order valence-corrected chi connectivity index (χ4v) is 3.45. The van der Waals surface area contributed by atoms with Crippen LogP contribution in [-0.4, -0.2) is 22.3 Å². The van der Waals surface area contributed by atoms with Crippen molar-refractivity contribution in [2.75, 3.05) is 6.61 Å². The largest absolute Gasteiger partial charge is 0.378 e. The summed E-state index contributed by atoms with van der Waals surface area (Å²) in [6.07, 6.45) is 3.80. The van der Waals surface area contributed by atoms with Crippen LogP contribution < -0.4 is 0 Å². The molecule has 2 aromatic rings. The van der Waals surface area contributed by atoms with E-state index in [0.29, 0.717) is 6.10 Å². The Morgan fingerprint density at radius 2 is 2.40 bits per heavy atom. The topological polar surface area (TPSA) is 27.1 Å². The number of hydrogen-bond donors (Lipinski definition) is 0. The van der Waals surface area contributed by atoms with Gasteiger partial charge in [0.2, 0.25) is 0 Å². The van der Waals surface area contributed by atoms with Gasteiger partial charge in [-0.1, -0.05) is 0 Å². The van der Waals surface area contributed by atoms with Crippen LogP contribution >= 0.6 is 34.2 Å². The molecule has 2 atom stereocenters. The van der Waals surface area contributed by atoms with E-state index < -0.39 is 0 Å². The molecule has 0 N–H and O–H groups in total. The van der Waals surface area contributed by atoms with Crippen LogP contribution in [0.25, 0.3) is 11.0 Å². The summed E-state index contributed by atoms with van der Waals surface area (Å²) in [7, 11) is 0. The molecule has 3 rings (SSSR count). The second kappa shape index (κ2) is 6.20. The van der Waals surface area contributed by atoms with E-state index in [1.165, 1.54) is 21.9 Å². The van der Waals surface area contributed by atoms with Gasteiger partial charge in [0.1, 0.15) is 5.82 Å². The predicted molar refractivity (Wildman–Crippen MR) is 90.3 cm³/mol. The number of halogens is 2. The van der Waals surface area contributed by atoms with Crippen molar-refractivity contribution < 1.29 is 4.74 Å². The Bertz CT molecular complexity index is 605. The number of rotatable bonds is 4. The molecule has 1 aliphatic rings. The molecule has 108 valence electrons. The van der Waals surface area contributed by atoms with Crippen LogP contribution in [0.15, 0.2) is 18.2 Å². The maximum absolute atomic E-state index is 6.30. The highest BCUT2D eigenvalue weighted by molar-refractivity contribution is 14.1. The van der Waals surface area contributed by atoms with E-state index >= 15 is 0 Å². The zero-order valence-corrected chi connectivity index (χ0v) is 14.4. The van der Waals surface area contributed by atoms with E-state index in [1.54, 1.807) is 0 Å². The minimum absolute atomic E-state index is 0.0791. The summed E-state index contributed by atoms with van der Waals surface area (Å²) in [5.41, 5.74) is 2.21. The molecule has 2 heterocycles. The quantitative estimate of drug-likeness (QED) is 0.554. The zero-order valence-electron chi connectivity index (χ0n) is 11.5. The summed E-state index contributed by atoms with van der Waals surface area (Å²) < 4.78 is 9.17. The van der Waals surface area contributed by atoms with E-state index in [4.69, 9.17) is 21.3 Å². The minimum atomic E-state index is -0.0791. The molecule has 1 fully saturated rings. The first kappa shape index (κ1) is 14.6. The number of hydrogen-bond acceptors (Lipinski definition) is 2. The SMILES string of the molecule is CC(Cl)c1nc2cc(I)ccc2n1CCC1CCCO1. The van der Waals surface area contributed by atoms with Crippen molar-refractivity contribution in [3.8, 4) is 0 Å². The second-order valence-corrected chi connectivity index (χ2v) is 7.19. The van der Waals surface area contributed by atoms with Crippen molar-refractivity contribution in [2.45, 2.75) is 44.2 Å². The molecule has 1 aliphatic heterocycles. The molecule has 0 saturated carbocycles. The third-order valence-corrected chi connectivity index (χ3v) is 4.66. The fourth-order valence-electron chi connectivity index (χ4n) is 2.81. The molecule has 20 heavy (non-hydrogen) atoms. The highest BCUT2D eigenvalue weighted by Gasteiger charge is 2.19. The fraction of sp³-hybridized carbons (Fsp3) is 0.533. The third-order valence-electron chi connectivity index (χ3n) is 3.79. The summed E-state index contributed by atoms with van der Waals surface area (Å²) in [4.78, 5) is 4.70. The van der Waals surface area contributed by atoms with Crippen LogP contribution in [0.2, 0.25) is 0 Å². The van der Waals surface area contributed by atoms with Gasteiger partial charge in [-0.15, -0.1) is 11.6 Å². The summed E-state index contributed by atoms with van der Waals surface area (Å²) >= 11 is 8.61. The first-order valence-electron chi connectivity index (χ1n) is 7.06. The van der Waals surface area contributed by atoms with Gasteiger partial charge in [-0.3, -0.25) is 0 Å². The summed E-state index contributed by atoms with van der Waals surface area (Å²) in [5.74, 6) is 0.960. The summed E-state index contributed by atoms with van der Waals surface area (Å²) in [6.45, 7) is 3.82. The first-order chi connectivity index (χ1) is 9.65. The molecule has 0 spiro atoms. The number of imidazole rings is 1. The van der Waals surface area contributed by atoms with Gasteiger partial charge in [0, 0.05) is 16.7 Å². The molecule has 1 saturated heterocycles. The lowest BCUT2D eigenvalue weighted by Crippen LogP contribution is -2.12. The smallest absolute Gasteiger partial charge is 0.127 e. The number of ether oxygens (including phenoxy) is 1. The van der Waals surface area contributed by atoms with Crippen LogP contribution in [-0.2, 0) is 11.3 Å². The molecule has 0 aliphatic carbocycles. The second-order valence-electron chi connectivity index (χ2n) is 5.29. The Hall–Kier alpha value is -0.330. The molecule has 2 unspecified atom stereocenters. The van der Waals surface area contributed by atoms with Crippen LogP contribution in [0.1, 0.15) is 37.4 Å². The summed E-state index contributed by atoms with van der Waals surface area (Å²) in [5, 5.41) is -0.0791. The highest BCUT2D eigenvalue weighted by atomic mass is 127. The lowest BCUT2D eigenvalue weighted by atomic mass is 10.2. The van der Waals surface area contributed by atoms with Gasteiger partial charge in [0.25, 0.3) is 0 Å². The average molecular weight is 405 g/mol. The maximum Gasteiger partial charge on any atom is 0.127 e. The molecule has 3 nitrogen and oxygen atoms in total. The standard InChI is InChI=1S/C15H18ClIN2O/c1-10(16)15-18-13-9-11(17)4-5-14(13)19(15)7-6-12-3-2-8-20-12/h4-5,9-10,12H,2-3,6-8H2,1H3. The number of benzene rings is 1. The first-order valence-corrected chi connectivity index (χ1v) is 8.58. The van der Waals surface area contributed by atoms with Crippen LogP contribution in [0, 0.1) is 3.57 Å². The van der Waals surface area contributed by atoms with Crippen molar-refractivity contribution in [3.05, 3.63) is 27.6 Å². The molecular weight excluding hydrogens is 387 g/mol. The van der Waals surface area contributed by atoms with Crippen molar-refractivity contribution in [1.29, 1.82) is 0 Å². The van der Waals surface area contributed by atoms with Crippen LogP contribution in [0.5, 0.6) is 0 Å². The van der Waals surface area contributed by atoms with Gasteiger partial charge in [-0.25, -0.2) is 4.98 Å². The number of alkyl halides is 1. The predicted octanol–water partition coefficient (Wildman–Crippen LogP) is 4.51. The number of aromatic nitrogens is 2. The number of fused-ring (bicyclic) bond motifs is 1. The van der Waals surface area contributed by atoms with Gasteiger partial charge in [0.05, 0.1) is 22.5 Å². The molecule has 0 amide bonds. The lowest BCUT2D eigenvalue weighted by Gasteiger charge is -2.13. The van der Waals surface area contributed by atoms with E-state index in [0.717, 1.165) is 30.9 Å². The molecule has 0 bridgehead atoms. The van der Waals surface area contributed by atoms with Crippen molar-refractivity contribution in [1.82, 2.24) is 9.55 Å². The van der Waals surface area contributed by atoms with E-state index in [9.17, 15) is 0 Å². The van der Waals surface area contributed by atoms with Crippen molar-refractivity contribution in [3.63, 3.8) is 0 Å². The van der Waals surface area contributed by atoms with Crippen molar-refractivity contribution in [2.24, 2.45) is 0 Å². The highest BCUT2D eigenvalue weighted by Crippen LogP contribution is 2.27. The average Bonchev–Trinajstić information content (AvgIpc) is 3.02. The third kappa shape index (κ3) is 2.97. The van der Waals surface area contributed by atoms with Gasteiger partial charge in [-0.2, -0.15) is 0 Å². The number of nitrogens with zero attached hydrogens (tertiary/aromatic N) is 2. The Balaban J connectivity index is 1.91.